The topological polar surface area (TPSA) is 40.5 Å². The van der Waals surface area contributed by atoms with Gasteiger partial charge in [0.25, 0.3) is 0 Å². The van der Waals surface area contributed by atoms with Gasteiger partial charge in [-0.05, 0) is 67.3 Å². The number of halogens is 1. The van der Waals surface area contributed by atoms with Crippen molar-refractivity contribution < 1.29 is 9.90 Å². The van der Waals surface area contributed by atoms with E-state index < -0.39 is 0 Å². The standard InChI is InChI=1S/C23H25NO2.ClH/c1-24-11-10-23(19-8-5-9-21(25)14-19)15-22(26)18(13-20(23)16-24)12-17-6-3-2-4-7-17;/h2-9,12,14,20,25H,10-11,13,15-16H2,1H3;1H. The minimum Gasteiger partial charge on any atom is -0.508 e. The van der Waals surface area contributed by atoms with Crippen molar-refractivity contribution in [2.24, 2.45) is 5.92 Å². The predicted octanol–water partition coefficient (Wildman–Crippen LogP) is 4.45. The van der Waals surface area contributed by atoms with Gasteiger partial charge in [-0.1, -0.05) is 42.5 Å². The number of rotatable bonds is 2. The number of hydrogen-bond donors (Lipinski definition) is 1. The number of hydrogen-bond acceptors (Lipinski definition) is 3. The fourth-order valence-electron chi connectivity index (χ4n) is 4.70. The van der Waals surface area contributed by atoms with Gasteiger partial charge < -0.3 is 10.0 Å². The molecule has 1 aliphatic carbocycles. The first-order valence-electron chi connectivity index (χ1n) is 9.34. The third kappa shape index (κ3) is 3.80. The third-order valence-electron chi connectivity index (χ3n) is 6.12. The molecule has 2 fully saturated rings. The van der Waals surface area contributed by atoms with Crippen LogP contribution in [0.2, 0.25) is 0 Å². The molecule has 1 saturated heterocycles. The summed E-state index contributed by atoms with van der Waals surface area (Å²) in [5.41, 5.74) is 2.98. The Morgan fingerprint density at radius 2 is 1.93 bits per heavy atom. The first-order chi connectivity index (χ1) is 12.6. The van der Waals surface area contributed by atoms with Crippen LogP contribution in [0.3, 0.4) is 0 Å². The molecule has 0 aromatic heterocycles. The molecule has 1 N–H and O–H groups in total. The Morgan fingerprint density at radius 3 is 2.67 bits per heavy atom. The zero-order valence-corrected chi connectivity index (χ0v) is 16.4. The van der Waals surface area contributed by atoms with Gasteiger partial charge >= 0.3 is 0 Å². The van der Waals surface area contributed by atoms with Crippen molar-refractivity contribution in [3.8, 4) is 5.75 Å². The number of carbonyl (C=O) groups is 1. The second kappa shape index (κ2) is 7.87. The fourth-order valence-corrected chi connectivity index (χ4v) is 4.70. The van der Waals surface area contributed by atoms with Crippen molar-refractivity contribution >= 4 is 24.3 Å². The van der Waals surface area contributed by atoms with Crippen LogP contribution in [-0.2, 0) is 10.2 Å². The van der Waals surface area contributed by atoms with Crippen LogP contribution in [0.25, 0.3) is 6.08 Å². The summed E-state index contributed by atoms with van der Waals surface area (Å²) in [4.78, 5) is 15.4. The van der Waals surface area contributed by atoms with E-state index in [9.17, 15) is 9.90 Å². The number of aromatic hydroxyl groups is 1. The molecule has 4 rings (SSSR count). The number of benzene rings is 2. The van der Waals surface area contributed by atoms with E-state index in [2.05, 4.69) is 24.1 Å². The lowest BCUT2D eigenvalue weighted by Crippen LogP contribution is -2.52. The molecule has 1 aliphatic heterocycles. The van der Waals surface area contributed by atoms with Crippen LogP contribution in [0, 0.1) is 5.92 Å². The van der Waals surface area contributed by atoms with Gasteiger partial charge in [0, 0.05) is 18.4 Å². The maximum atomic E-state index is 13.1. The van der Waals surface area contributed by atoms with E-state index in [1.165, 1.54) is 0 Å². The molecule has 0 amide bonds. The molecule has 2 aromatic rings. The van der Waals surface area contributed by atoms with Crippen LogP contribution in [0.4, 0.5) is 0 Å². The van der Waals surface area contributed by atoms with Gasteiger partial charge in [0.15, 0.2) is 5.78 Å². The molecule has 1 heterocycles. The van der Waals surface area contributed by atoms with Gasteiger partial charge in [0.2, 0.25) is 0 Å². The van der Waals surface area contributed by atoms with Crippen molar-refractivity contribution in [2.45, 2.75) is 24.7 Å². The summed E-state index contributed by atoms with van der Waals surface area (Å²) in [5, 5.41) is 9.99. The Hall–Kier alpha value is -2.10. The van der Waals surface area contributed by atoms with Crippen molar-refractivity contribution in [3.63, 3.8) is 0 Å². The second-order valence-electron chi connectivity index (χ2n) is 7.80. The third-order valence-corrected chi connectivity index (χ3v) is 6.12. The Balaban J connectivity index is 0.00000210. The van der Waals surface area contributed by atoms with Crippen molar-refractivity contribution in [1.82, 2.24) is 4.90 Å². The largest absolute Gasteiger partial charge is 0.508 e. The highest BCUT2D eigenvalue weighted by Crippen LogP contribution is 2.49. The van der Waals surface area contributed by atoms with Crippen molar-refractivity contribution in [2.75, 3.05) is 20.1 Å². The summed E-state index contributed by atoms with van der Waals surface area (Å²) >= 11 is 0. The molecule has 0 bridgehead atoms. The highest BCUT2D eigenvalue weighted by Gasteiger charge is 2.48. The van der Waals surface area contributed by atoms with Crippen molar-refractivity contribution in [1.29, 1.82) is 0 Å². The summed E-state index contributed by atoms with van der Waals surface area (Å²) in [5.74, 6) is 0.918. The molecule has 142 valence electrons. The zero-order chi connectivity index (χ0) is 18.1. The van der Waals surface area contributed by atoms with Gasteiger partial charge in [0.05, 0.1) is 0 Å². The summed E-state index contributed by atoms with van der Waals surface area (Å²) in [6, 6.07) is 17.6. The Labute approximate surface area is 167 Å². The lowest BCUT2D eigenvalue weighted by Gasteiger charge is -2.50. The number of fused-ring (bicyclic) bond motifs is 1. The van der Waals surface area contributed by atoms with E-state index in [0.717, 1.165) is 42.6 Å². The number of piperidine rings is 1. The zero-order valence-electron chi connectivity index (χ0n) is 15.6. The molecule has 27 heavy (non-hydrogen) atoms. The Kier molecular flexibility index (Phi) is 5.73. The van der Waals surface area contributed by atoms with Gasteiger partial charge in [-0.2, -0.15) is 0 Å². The summed E-state index contributed by atoms with van der Waals surface area (Å²) < 4.78 is 0. The van der Waals surface area contributed by atoms with Gasteiger partial charge in [-0.3, -0.25) is 4.79 Å². The van der Waals surface area contributed by atoms with E-state index in [-0.39, 0.29) is 29.4 Å². The molecule has 0 spiro atoms. The lowest BCUT2D eigenvalue weighted by molar-refractivity contribution is -0.120. The first kappa shape index (κ1) is 19.7. The van der Waals surface area contributed by atoms with E-state index >= 15 is 0 Å². The maximum Gasteiger partial charge on any atom is 0.159 e. The van der Waals surface area contributed by atoms with Crippen LogP contribution < -0.4 is 0 Å². The maximum absolute atomic E-state index is 13.1. The number of carbonyl (C=O) groups excluding carboxylic acids is 1. The molecule has 3 nitrogen and oxygen atoms in total. The molecular formula is C23H26ClNO2. The van der Waals surface area contributed by atoms with Crippen LogP contribution in [0.1, 0.15) is 30.4 Å². The molecule has 2 aromatic carbocycles. The van der Waals surface area contributed by atoms with Gasteiger partial charge in [-0.15, -0.1) is 12.4 Å². The predicted molar refractivity (Wildman–Crippen MR) is 111 cm³/mol. The molecule has 1 saturated carbocycles. The number of nitrogens with zero attached hydrogens (tertiary/aromatic N) is 1. The minimum absolute atomic E-state index is 0. The Bertz CT molecular complexity index is 848. The van der Waals surface area contributed by atoms with E-state index in [1.54, 1.807) is 6.07 Å². The molecule has 2 aliphatic rings. The molecule has 2 unspecified atom stereocenters. The highest BCUT2D eigenvalue weighted by molar-refractivity contribution is 6.01. The summed E-state index contributed by atoms with van der Waals surface area (Å²) in [6.07, 6.45) is 4.35. The van der Waals surface area contributed by atoms with Crippen LogP contribution in [-0.4, -0.2) is 35.9 Å². The average molecular weight is 384 g/mol. The molecular weight excluding hydrogens is 358 g/mol. The number of phenols is 1. The number of likely N-dealkylation sites (tertiary alicyclic amines) is 1. The SMILES string of the molecule is CN1CCC2(c3cccc(O)c3)CC(=O)C(=Cc3ccccc3)CC2C1.Cl. The molecule has 2 atom stereocenters. The van der Waals surface area contributed by atoms with E-state index in [1.807, 2.05) is 42.5 Å². The normalized spacial score (nSPS) is 27.1. The summed E-state index contributed by atoms with van der Waals surface area (Å²) in [6.45, 7) is 1.96. The van der Waals surface area contributed by atoms with Crippen molar-refractivity contribution in [3.05, 3.63) is 71.3 Å². The van der Waals surface area contributed by atoms with Gasteiger partial charge in [0.1, 0.15) is 5.75 Å². The van der Waals surface area contributed by atoms with E-state index in [0.29, 0.717) is 12.3 Å². The van der Waals surface area contributed by atoms with Crippen LogP contribution in [0.5, 0.6) is 5.75 Å². The quantitative estimate of drug-likeness (QED) is 0.779. The second-order valence-corrected chi connectivity index (χ2v) is 7.80. The Morgan fingerprint density at radius 1 is 1.15 bits per heavy atom. The monoisotopic (exact) mass is 383 g/mol. The average Bonchev–Trinajstić information content (AvgIpc) is 2.64. The van der Waals surface area contributed by atoms with Crippen LogP contribution >= 0.6 is 12.4 Å². The minimum atomic E-state index is -0.156. The smallest absolute Gasteiger partial charge is 0.159 e. The van der Waals surface area contributed by atoms with E-state index in [4.69, 9.17) is 0 Å². The lowest BCUT2D eigenvalue weighted by atomic mass is 9.58. The number of allylic oxidation sites excluding steroid dienone is 1. The van der Waals surface area contributed by atoms with Crippen LogP contribution in [0.15, 0.2) is 60.2 Å². The fraction of sp³-hybridized carbons (Fsp3) is 0.348. The summed E-state index contributed by atoms with van der Waals surface area (Å²) in [7, 11) is 2.16. The number of phenolic OH excluding ortho intramolecular Hbond substituents is 1. The number of ketones is 1. The molecule has 4 heteroatoms. The highest BCUT2D eigenvalue weighted by atomic mass is 35.5. The first-order valence-corrected chi connectivity index (χ1v) is 9.34. The molecule has 0 radical (unpaired) electrons. The number of Topliss-reactive ketones (excluding diaryl/α,β-unsaturated/α-hetero) is 1. The van der Waals surface area contributed by atoms with Gasteiger partial charge in [-0.25, -0.2) is 0 Å².